The van der Waals surface area contributed by atoms with Gasteiger partial charge in [0.1, 0.15) is 11.9 Å². The summed E-state index contributed by atoms with van der Waals surface area (Å²) in [5.41, 5.74) is -0.183. The number of carbonyl (C=O) groups excluding carboxylic acids is 1. The summed E-state index contributed by atoms with van der Waals surface area (Å²) in [6, 6.07) is 2.77. The monoisotopic (exact) mass is 299 g/mol. The summed E-state index contributed by atoms with van der Waals surface area (Å²) in [6.07, 6.45) is 1.44. The van der Waals surface area contributed by atoms with Crippen molar-refractivity contribution < 1.29 is 19.1 Å². The van der Waals surface area contributed by atoms with Gasteiger partial charge in [-0.05, 0) is 37.0 Å². The molecule has 1 heterocycles. The van der Waals surface area contributed by atoms with Crippen LogP contribution in [0.25, 0.3) is 0 Å². The maximum atomic E-state index is 13.7. The van der Waals surface area contributed by atoms with Crippen LogP contribution >= 0.6 is 11.6 Å². The van der Waals surface area contributed by atoms with E-state index >= 15 is 0 Å². The Kier molecular flexibility index (Phi) is 4.28. The molecule has 2 atom stereocenters. The lowest BCUT2D eigenvalue weighted by molar-refractivity contribution is -0.145. The number of halogens is 2. The minimum Gasteiger partial charge on any atom is -0.480 e. The molecule has 0 spiro atoms. The first kappa shape index (κ1) is 14.8. The zero-order valence-corrected chi connectivity index (χ0v) is 11.7. The van der Waals surface area contributed by atoms with E-state index in [4.69, 9.17) is 11.6 Å². The number of piperidine rings is 1. The average molecular weight is 300 g/mol. The van der Waals surface area contributed by atoms with E-state index in [0.29, 0.717) is 13.0 Å². The van der Waals surface area contributed by atoms with Crippen molar-refractivity contribution in [3.05, 3.63) is 34.6 Å². The standard InChI is InChI=1S/C14H15ClFNO3/c1-8-3-2-6-17(12(8)14(19)20)13(18)10-7-9(15)4-5-11(10)16/h4-5,7-8,12H,2-3,6H2,1H3,(H,19,20). The van der Waals surface area contributed by atoms with Gasteiger partial charge in [0.05, 0.1) is 5.56 Å². The van der Waals surface area contributed by atoms with Crippen molar-refractivity contribution in [2.24, 2.45) is 5.92 Å². The van der Waals surface area contributed by atoms with E-state index in [-0.39, 0.29) is 16.5 Å². The van der Waals surface area contributed by atoms with E-state index in [2.05, 4.69) is 0 Å². The van der Waals surface area contributed by atoms with Crippen LogP contribution in [0.5, 0.6) is 0 Å². The van der Waals surface area contributed by atoms with Crippen LogP contribution in [0.15, 0.2) is 18.2 Å². The molecule has 0 saturated carbocycles. The van der Waals surface area contributed by atoms with Crippen molar-refractivity contribution in [3.8, 4) is 0 Å². The van der Waals surface area contributed by atoms with Crippen molar-refractivity contribution >= 4 is 23.5 Å². The molecule has 4 nitrogen and oxygen atoms in total. The van der Waals surface area contributed by atoms with Crippen molar-refractivity contribution in [1.82, 2.24) is 4.90 Å². The highest BCUT2D eigenvalue weighted by Crippen LogP contribution is 2.26. The molecule has 0 aromatic heterocycles. The Morgan fingerprint density at radius 2 is 2.15 bits per heavy atom. The molecule has 1 saturated heterocycles. The lowest BCUT2D eigenvalue weighted by Gasteiger charge is -2.37. The van der Waals surface area contributed by atoms with Gasteiger partial charge in [0, 0.05) is 11.6 Å². The molecule has 108 valence electrons. The lowest BCUT2D eigenvalue weighted by atomic mass is 9.90. The topological polar surface area (TPSA) is 57.6 Å². The fraction of sp³-hybridized carbons (Fsp3) is 0.429. The second-order valence-corrected chi connectivity index (χ2v) is 5.46. The third kappa shape index (κ3) is 2.77. The number of carboxylic acids is 1. The first-order valence-electron chi connectivity index (χ1n) is 6.40. The van der Waals surface area contributed by atoms with E-state index < -0.39 is 23.7 Å². The minimum atomic E-state index is -1.06. The van der Waals surface area contributed by atoms with Crippen LogP contribution in [-0.2, 0) is 4.79 Å². The number of likely N-dealkylation sites (tertiary alicyclic amines) is 1. The number of nitrogens with zero attached hydrogens (tertiary/aromatic N) is 1. The molecule has 1 fully saturated rings. The summed E-state index contributed by atoms with van der Waals surface area (Å²) in [6.45, 7) is 2.10. The van der Waals surface area contributed by atoms with E-state index in [1.54, 1.807) is 6.92 Å². The number of carbonyl (C=O) groups is 2. The van der Waals surface area contributed by atoms with Gasteiger partial charge in [0.25, 0.3) is 5.91 Å². The molecule has 0 aliphatic carbocycles. The SMILES string of the molecule is CC1CCCN(C(=O)c2cc(Cl)ccc2F)C1C(=O)O. The van der Waals surface area contributed by atoms with Crippen LogP contribution in [0.2, 0.25) is 5.02 Å². The third-order valence-corrected chi connectivity index (χ3v) is 3.84. The van der Waals surface area contributed by atoms with E-state index in [0.717, 1.165) is 12.5 Å². The second-order valence-electron chi connectivity index (χ2n) is 5.03. The Bertz CT molecular complexity index is 549. The number of benzene rings is 1. The summed E-state index contributed by atoms with van der Waals surface area (Å²) < 4.78 is 13.7. The molecule has 2 rings (SSSR count). The first-order chi connectivity index (χ1) is 9.41. The van der Waals surface area contributed by atoms with Crippen LogP contribution in [0.4, 0.5) is 4.39 Å². The molecule has 0 bridgehead atoms. The predicted molar refractivity (Wildman–Crippen MR) is 72.3 cm³/mol. The van der Waals surface area contributed by atoms with Gasteiger partial charge in [-0.2, -0.15) is 0 Å². The molecule has 1 aliphatic rings. The summed E-state index contributed by atoms with van der Waals surface area (Å²) in [5, 5.41) is 9.53. The molecule has 20 heavy (non-hydrogen) atoms. The fourth-order valence-electron chi connectivity index (χ4n) is 2.61. The molecule has 2 unspecified atom stereocenters. The van der Waals surface area contributed by atoms with E-state index in [1.165, 1.54) is 17.0 Å². The highest BCUT2D eigenvalue weighted by atomic mass is 35.5. The predicted octanol–water partition coefficient (Wildman–Crippen LogP) is 2.80. The van der Waals surface area contributed by atoms with Crippen LogP contribution < -0.4 is 0 Å². The Labute approximate surface area is 121 Å². The first-order valence-corrected chi connectivity index (χ1v) is 6.78. The van der Waals surface area contributed by atoms with Gasteiger partial charge in [-0.15, -0.1) is 0 Å². The Hall–Kier alpha value is -1.62. The van der Waals surface area contributed by atoms with Gasteiger partial charge in [-0.25, -0.2) is 9.18 Å². The van der Waals surface area contributed by atoms with Crippen LogP contribution in [0.1, 0.15) is 30.1 Å². The number of amides is 1. The molecule has 1 aliphatic heterocycles. The normalized spacial score (nSPS) is 22.6. The zero-order chi connectivity index (χ0) is 14.9. The van der Waals surface area contributed by atoms with Crippen molar-refractivity contribution in [2.45, 2.75) is 25.8 Å². The molecule has 1 N–H and O–H groups in total. The maximum absolute atomic E-state index is 13.7. The molecule has 1 aromatic rings. The van der Waals surface area contributed by atoms with Crippen molar-refractivity contribution in [1.29, 1.82) is 0 Å². The summed E-state index contributed by atoms with van der Waals surface area (Å²) in [7, 11) is 0. The van der Waals surface area contributed by atoms with Gasteiger partial charge < -0.3 is 10.0 Å². The van der Waals surface area contributed by atoms with Gasteiger partial charge in [0.2, 0.25) is 0 Å². The van der Waals surface area contributed by atoms with Gasteiger partial charge in [-0.1, -0.05) is 18.5 Å². The fourth-order valence-corrected chi connectivity index (χ4v) is 2.78. The molecule has 0 radical (unpaired) electrons. The van der Waals surface area contributed by atoms with E-state index in [9.17, 15) is 19.1 Å². The van der Waals surface area contributed by atoms with Gasteiger partial charge in [-0.3, -0.25) is 4.79 Å². The number of aliphatic carboxylic acids is 1. The number of rotatable bonds is 2. The summed E-state index contributed by atoms with van der Waals surface area (Å²) >= 11 is 5.77. The molecule has 6 heteroatoms. The Morgan fingerprint density at radius 1 is 1.45 bits per heavy atom. The maximum Gasteiger partial charge on any atom is 0.326 e. The quantitative estimate of drug-likeness (QED) is 0.913. The Balaban J connectivity index is 2.35. The average Bonchev–Trinajstić information content (AvgIpc) is 2.40. The van der Waals surface area contributed by atoms with Crippen LogP contribution in [0, 0.1) is 11.7 Å². The number of carboxylic acid groups (broad SMARTS) is 1. The van der Waals surface area contributed by atoms with Crippen molar-refractivity contribution in [3.63, 3.8) is 0 Å². The Morgan fingerprint density at radius 3 is 2.80 bits per heavy atom. The highest BCUT2D eigenvalue weighted by Gasteiger charge is 2.38. The largest absolute Gasteiger partial charge is 0.480 e. The van der Waals surface area contributed by atoms with Gasteiger partial charge >= 0.3 is 5.97 Å². The molecular weight excluding hydrogens is 285 g/mol. The van der Waals surface area contributed by atoms with Crippen molar-refractivity contribution in [2.75, 3.05) is 6.54 Å². The highest BCUT2D eigenvalue weighted by molar-refractivity contribution is 6.31. The smallest absolute Gasteiger partial charge is 0.326 e. The second kappa shape index (κ2) is 5.79. The zero-order valence-electron chi connectivity index (χ0n) is 11.0. The summed E-state index contributed by atoms with van der Waals surface area (Å²) in [5.74, 6) is -2.54. The number of hydrogen-bond acceptors (Lipinski definition) is 2. The van der Waals surface area contributed by atoms with Crippen LogP contribution in [-0.4, -0.2) is 34.5 Å². The van der Waals surface area contributed by atoms with Gasteiger partial charge in [0.15, 0.2) is 0 Å². The lowest BCUT2D eigenvalue weighted by Crippen LogP contribution is -2.52. The minimum absolute atomic E-state index is 0.160. The van der Waals surface area contributed by atoms with Crippen LogP contribution in [0.3, 0.4) is 0 Å². The summed E-state index contributed by atoms with van der Waals surface area (Å²) in [4.78, 5) is 25.0. The molecule has 1 amide bonds. The van der Waals surface area contributed by atoms with E-state index in [1.807, 2.05) is 0 Å². The number of hydrogen-bond donors (Lipinski definition) is 1. The molecule has 1 aromatic carbocycles. The third-order valence-electron chi connectivity index (χ3n) is 3.61. The molecular formula is C14H15ClFNO3.